The molecule has 0 spiro atoms. The van der Waals surface area contributed by atoms with Gasteiger partial charge in [0.2, 0.25) is 0 Å². The van der Waals surface area contributed by atoms with E-state index < -0.39 is 15.7 Å². The number of carbonyl (C=O) groups excluding carboxylic acids is 1. The normalized spacial score (nSPS) is 26.4. The van der Waals surface area contributed by atoms with Gasteiger partial charge in [-0.05, 0) is 77.3 Å². The Labute approximate surface area is 161 Å². The molecule has 0 saturated carbocycles. The summed E-state index contributed by atoms with van der Waals surface area (Å²) >= 11 is 1.61. The Bertz CT molecular complexity index is 1130. The lowest BCUT2D eigenvalue weighted by molar-refractivity contribution is 0.100. The van der Waals surface area contributed by atoms with Crippen molar-refractivity contribution in [2.75, 3.05) is 0 Å². The van der Waals surface area contributed by atoms with Gasteiger partial charge in [-0.1, -0.05) is 0 Å². The van der Waals surface area contributed by atoms with E-state index in [9.17, 15) is 13.2 Å². The molecule has 2 atom stereocenters. The second-order valence-corrected chi connectivity index (χ2v) is 10.9. The number of H-pyrrole nitrogens is 1. The van der Waals surface area contributed by atoms with Crippen molar-refractivity contribution in [3.8, 4) is 11.1 Å². The summed E-state index contributed by atoms with van der Waals surface area (Å²) in [6, 6.07) is 5.96. The Morgan fingerprint density at radius 3 is 2.52 bits per heavy atom. The molecule has 5 rings (SSSR count). The van der Waals surface area contributed by atoms with Crippen LogP contribution in [0.2, 0.25) is 0 Å². The third-order valence-electron chi connectivity index (χ3n) is 6.22. The van der Waals surface area contributed by atoms with E-state index in [2.05, 4.69) is 11.1 Å². The molecule has 140 valence electrons. The van der Waals surface area contributed by atoms with Gasteiger partial charge in [0.25, 0.3) is 5.91 Å². The number of aromatic nitrogens is 1. The van der Waals surface area contributed by atoms with E-state index in [0.29, 0.717) is 18.4 Å². The largest absolute Gasteiger partial charge is 0.366 e. The molecular weight excluding hydrogens is 380 g/mol. The fraction of sp³-hybridized carbons (Fsp3) is 0.350. The fourth-order valence-electron chi connectivity index (χ4n) is 4.84. The highest BCUT2D eigenvalue weighted by molar-refractivity contribution is 7.93. The molecule has 3 N–H and O–H groups in total. The second-order valence-electron chi connectivity index (χ2n) is 7.65. The van der Waals surface area contributed by atoms with E-state index >= 15 is 0 Å². The van der Waals surface area contributed by atoms with Crippen molar-refractivity contribution in [1.29, 1.82) is 0 Å². The van der Waals surface area contributed by atoms with Crippen LogP contribution in [0, 0.1) is 0 Å². The van der Waals surface area contributed by atoms with Crippen LogP contribution < -0.4 is 5.73 Å². The molecule has 4 heterocycles. The number of rotatable bonds is 3. The first-order valence-corrected chi connectivity index (χ1v) is 11.7. The zero-order valence-corrected chi connectivity index (χ0v) is 16.3. The lowest BCUT2D eigenvalue weighted by atomic mass is 9.89. The number of nitrogens with two attached hydrogens (primary N) is 1. The molecule has 27 heavy (non-hydrogen) atoms. The van der Waals surface area contributed by atoms with Gasteiger partial charge in [0.1, 0.15) is 0 Å². The van der Waals surface area contributed by atoms with E-state index in [1.165, 1.54) is 0 Å². The number of amides is 1. The lowest BCUT2D eigenvalue weighted by Crippen LogP contribution is -2.31. The van der Waals surface area contributed by atoms with Crippen LogP contribution in [-0.2, 0) is 9.84 Å². The van der Waals surface area contributed by atoms with E-state index in [0.717, 1.165) is 40.4 Å². The van der Waals surface area contributed by atoms with Crippen LogP contribution in [0.1, 0.15) is 47.5 Å². The summed E-state index contributed by atoms with van der Waals surface area (Å²) in [5.74, 6) is -0.269. The van der Waals surface area contributed by atoms with Crippen LogP contribution in [0.3, 0.4) is 0 Å². The minimum absolute atomic E-state index is 0.193. The minimum Gasteiger partial charge on any atom is -0.366 e. The monoisotopic (exact) mass is 400 g/mol. The fourth-order valence-corrected chi connectivity index (χ4v) is 7.98. The van der Waals surface area contributed by atoms with Gasteiger partial charge < -0.3 is 10.7 Å². The van der Waals surface area contributed by atoms with Gasteiger partial charge in [-0.2, -0.15) is 11.3 Å². The molecule has 5 nitrogen and oxygen atoms in total. The Morgan fingerprint density at radius 1 is 1.15 bits per heavy atom. The van der Waals surface area contributed by atoms with Crippen LogP contribution in [-0.4, -0.2) is 29.8 Å². The van der Waals surface area contributed by atoms with Gasteiger partial charge >= 0.3 is 0 Å². The van der Waals surface area contributed by atoms with Gasteiger partial charge in [0.15, 0.2) is 9.84 Å². The third kappa shape index (κ3) is 2.56. The average Bonchev–Trinajstić information content (AvgIpc) is 3.31. The third-order valence-corrected chi connectivity index (χ3v) is 9.61. The topological polar surface area (TPSA) is 93.0 Å². The molecule has 3 aromatic rings. The van der Waals surface area contributed by atoms with E-state index in [4.69, 9.17) is 5.73 Å². The van der Waals surface area contributed by atoms with Crippen LogP contribution in [0.4, 0.5) is 0 Å². The molecule has 2 fully saturated rings. The van der Waals surface area contributed by atoms with Crippen LogP contribution in [0.15, 0.2) is 35.2 Å². The number of nitrogens with one attached hydrogen (secondary N) is 1. The van der Waals surface area contributed by atoms with Crippen molar-refractivity contribution in [3.63, 3.8) is 0 Å². The van der Waals surface area contributed by atoms with Crippen molar-refractivity contribution in [1.82, 2.24) is 4.98 Å². The number of aromatic amines is 1. The number of thiophene rings is 1. The molecule has 7 heteroatoms. The van der Waals surface area contributed by atoms with Crippen LogP contribution in [0.5, 0.6) is 0 Å². The molecule has 0 aliphatic carbocycles. The summed E-state index contributed by atoms with van der Waals surface area (Å²) in [6.45, 7) is 0. The smallest absolute Gasteiger partial charge is 0.250 e. The number of hydrogen-bond donors (Lipinski definition) is 2. The summed E-state index contributed by atoms with van der Waals surface area (Å²) in [6.07, 6.45) is 4.83. The van der Waals surface area contributed by atoms with Gasteiger partial charge in [0, 0.05) is 11.6 Å². The van der Waals surface area contributed by atoms with Crippen molar-refractivity contribution in [2.24, 2.45) is 5.73 Å². The Hall–Kier alpha value is -2.12. The van der Waals surface area contributed by atoms with E-state index in [-0.39, 0.29) is 16.4 Å². The highest BCUT2D eigenvalue weighted by atomic mass is 32.2. The summed E-state index contributed by atoms with van der Waals surface area (Å²) in [7, 11) is -2.95. The van der Waals surface area contributed by atoms with Gasteiger partial charge in [-0.15, -0.1) is 0 Å². The Balaban J connectivity index is 1.65. The first-order chi connectivity index (χ1) is 12.9. The maximum atomic E-state index is 12.4. The number of fused-ring (bicyclic) bond motifs is 3. The summed E-state index contributed by atoms with van der Waals surface area (Å²) in [5.41, 5.74) is 10.00. The number of hydrogen-bond acceptors (Lipinski definition) is 4. The maximum absolute atomic E-state index is 12.4. The van der Waals surface area contributed by atoms with Gasteiger partial charge in [-0.25, -0.2) is 8.42 Å². The van der Waals surface area contributed by atoms with Gasteiger partial charge in [0.05, 0.1) is 21.6 Å². The Kier molecular flexibility index (Phi) is 3.74. The zero-order valence-electron chi connectivity index (χ0n) is 14.6. The predicted molar refractivity (Wildman–Crippen MR) is 108 cm³/mol. The van der Waals surface area contributed by atoms with Crippen molar-refractivity contribution in [3.05, 3.63) is 46.3 Å². The molecule has 2 aliphatic rings. The van der Waals surface area contributed by atoms with Crippen LogP contribution in [0.25, 0.3) is 22.0 Å². The number of primary amides is 1. The first kappa shape index (κ1) is 17.0. The summed E-state index contributed by atoms with van der Waals surface area (Å²) in [4.78, 5) is 15.3. The Morgan fingerprint density at radius 2 is 1.89 bits per heavy atom. The van der Waals surface area contributed by atoms with Gasteiger partial charge in [-0.3, -0.25) is 4.79 Å². The minimum atomic E-state index is -2.95. The van der Waals surface area contributed by atoms with Crippen molar-refractivity contribution >= 4 is 38.0 Å². The highest BCUT2D eigenvalue weighted by Gasteiger charge is 2.47. The molecule has 2 bridgehead atoms. The van der Waals surface area contributed by atoms with Crippen molar-refractivity contribution < 1.29 is 13.2 Å². The van der Waals surface area contributed by atoms with Crippen molar-refractivity contribution in [2.45, 2.75) is 42.1 Å². The molecule has 2 saturated heterocycles. The number of sulfone groups is 1. The molecule has 2 aromatic heterocycles. The quantitative estimate of drug-likeness (QED) is 0.700. The predicted octanol–water partition coefficient (Wildman–Crippen LogP) is 3.82. The average molecular weight is 401 g/mol. The van der Waals surface area contributed by atoms with E-state index in [1.807, 2.05) is 29.1 Å². The first-order valence-electron chi connectivity index (χ1n) is 9.15. The highest BCUT2D eigenvalue weighted by Crippen LogP contribution is 2.47. The second kappa shape index (κ2) is 5.94. The number of benzene rings is 1. The standard InChI is InChI=1S/C20H20N2O3S2/c21-20(23)17-8-12(11-3-4-26-10-11)7-16-18(9-22-19(16)17)13-5-14-1-2-15(6-13)27(14,24)25/h3-4,7-10,13-15,22H,1-2,5-6H2,(H2,21,23). The van der Waals surface area contributed by atoms with E-state index in [1.54, 1.807) is 11.3 Å². The molecule has 1 aromatic carbocycles. The SMILES string of the molecule is NC(=O)c1cc(-c2ccsc2)cc2c(C3CC4CCC(C3)S4(=O)=O)c[nH]c12. The molecular formula is C20H20N2O3S2. The molecule has 2 unspecified atom stereocenters. The summed E-state index contributed by atoms with van der Waals surface area (Å²) in [5, 5.41) is 4.59. The number of carbonyl (C=O) groups is 1. The lowest BCUT2D eigenvalue weighted by Gasteiger charge is -2.27. The molecule has 0 radical (unpaired) electrons. The maximum Gasteiger partial charge on any atom is 0.250 e. The van der Waals surface area contributed by atoms with Crippen LogP contribution >= 0.6 is 11.3 Å². The summed E-state index contributed by atoms with van der Waals surface area (Å²) < 4.78 is 24.9. The zero-order chi connectivity index (χ0) is 18.8. The molecule has 1 amide bonds. The molecule has 2 aliphatic heterocycles.